The summed E-state index contributed by atoms with van der Waals surface area (Å²) in [4.78, 5) is 35.6. The molecule has 8 heteroatoms. The second kappa shape index (κ2) is 21.3. The van der Waals surface area contributed by atoms with Crippen molar-refractivity contribution in [3.8, 4) is 5.75 Å². The highest BCUT2D eigenvalue weighted by molar-refractivity contribution is 7.51. The van der Waals surface area contributed by atoms with Crippen molar-refractivity contribution in [3.63, 3.8) is 0 Å². The third-order valence-corrected chi connectivity index (χ3v) is 7.91. The summed E-state index contributed by atoms with van der Waals surface area (Å²) in [6, 6.07) is 12.9. The van der Waals surface area contributed by atoms with Crippen molar-refractivity contribution in [1.29, 1.82) is 0 Å². The number of carbonyl (C=O) groups is 1. The third-order valence-electron chi connectivity index (χ3n) is 7.07. The van der Waals surface area contributed by atoms with Gasteiger partial charge in [0.1, 0.15) is 12.4 Å². The number of pyridine rings is 1. The van der Waals surface area contributed by atoms with Gasteiger partial charge in [-0.1, -0.05) is 82.2 Å². The number of nitrogens with zero attached hydrogens (tertiary/aromatic N) is 1. The number of ether oxygens (including phenoxy) is 1. The van der Waals surface area contributed by atoms with Crippen LogP contribution < -0.4 is 10.1 Å². The van der Waals surface area contributed by atoms with Crippen LogP contribution in [0.15, 0.2) is 60.8 Å². The molecule has 1 atom stereocenters. The fourth-order valence-corrected chi connectivity index (χ4v) is 5.32. The van der Waals surface area contributed by atoms with Gasteiger partial charge in [0.2, 0.25) is 5.91 Å². The van der Waals surface area contributed by atoms with Crippen LogP contribution in [-0.2, 0) is 22.4 Å². The van der Waals surface area contributed by atoms with E-state index in [9.17, 15) is 19.1 Å². The van der Waals surface area contributed by atoms with Crippen LogP contribution in [0.1, 0.15) is 108 Å². The molecule has 0 unspecified atom stereocenters. The van der Waals surface area contributed by atoms with Crippen molar-refractivity contribution in [2.45, 2.75) is 116 Å². The van der Waals surface area contributed by atoms with E-state index in [1.165, 1.54) is 51.4 Å². The number of allylic oxidation sites excluding steroid dienone is 2. The lowest BCUT2D eigenvalue weighted by atomic mass is 10.0. The normalized spacial score (nSPS) is 12.5. The van der Waals surface area contributed by atoms with Crippen molar-refractivity contribution in [1.82, 2.24) is 10.3 Å². The van der Waals surface area contributed by atoms with Crippen molar-refractivity contribution in [2.24, 2.45) is 0 Å². The molecular weight excluding hydrogens is 535 g/mol. The van der Waals surface area contributed by atoms with E-state index in [0.717, 1.165) is 36.9 Å². The van der Waals surface area contributed by atoms with Gasteiger partial charge in [0.25, 0.3) is 0 Å². The summed E-state index contributed by atoms with van der Waals surface area (Å²) in [5, 5.41) is 3.02. The average molecular weight is 587 g/mol. The first-order valence-electron chi connectivity index (χ1n) is 15.5. The van der Waals surface area contributed by atoms with Gasteiger partial charge in [0.05, 0.1) is 11.9 Å². The Hall–Kier alpha value is -2.47. The van der Waals surface area contributed by atoms with Crippen LogP contribution in [-0.4, -0.2) is 32.9 Å². The summed E-state index contributed by atoms with van der Waals surface area (Å²) in [7, 11) is -4.15. The van der Waals surface area contributed by atoms with Crippen molar-refractivity contribution in [3.05, 3.63) is 72.1 Å². The first-order chi connectivity index (χ1) is 19.9. The number of hydrogen-bond donors (Lipinski definition) is 3. The predicted octanol–water partition coefficient (Wildman–Crippen LogP) is 7.90. The van der Waals surface area contributed by atoms with Gasteiger partial charge in [-0.3, -0.25) is 14.3 Å². The quantitative estimate of drug-likeness (QED) is 0.0694. The molecule has 1 aromatic heterocycles. The van der Waals surface area contributed by atoms with Gasteiger partial charge in [-0.25, -0.2) is 0 Å². The maximum absolute atomic E-state index is 12.6. The molecule has 0 fully saturated rings. The molecule has 7 nitrogen and oxygen atoms in total. The van der Waals surface area contributed by atoms with E-state index in [4.69, 9.17) is 4.74 Å². The Morgan fingerprint density at radius 1 is 0.927 bits per heavy atom. The number of aromatic nitrogens is 1. The zero-order valence-corrected chi connectivity index (χ0v) is 25.8. The smallest absolute Gasteiger partial charge is 0.325 e. The number of rotatable bonds is 23. The zero-order chi connectivity index (χ0) is 29.6. The lowest BCUT2D eigenvalue weighted by molar-refractivity contribution is -0.121. The molecule has 41 heavy (non-hydrogen) atoms. The fraction of sp³-hybridized carbons (Fsp3) is 0.576. The minimum absolute atomic E-state index is 0.0575. The van der Waals surface area contributed by atoms with Crippen LogP contribution in [0.5, 0.6) is 5.75 Å². The largest absolute Gasteiger partial charge is 0.487 e. The minimum Gasteiger partial charge on any atom is -0.487 e. The molecule has 3 N–H and O–H groups in total. The van der Waals surface area contributed by atoms with E-state index in [2.05, 4.69) is 29.4 Å². The van der Waals surface area contributed by atoms with Gasteiger partial charge in [-0.05, 0) is 74.8 Å². The second-order valence-corrected chi connectivity index (χ2v) is 12.7. The van der Waals surface area contributed by atoms with Crippen LogP contribution >= 0.6 is 7.60 Å². The zero-order valence-electron chi connectivity index (χ0n) is 24.9. The number of hydrogen-bond acceptors (Lipinski definition) is 4. The summed E-state index contributed by atoms with van der Waals surface area (Å²) in [6.45, 7) is 2.62. The molecule has 0 saturated heterocycles. The first-order valence-corrected chi connectivity index (χ1v) is 17.3. The van der Waals surface area contributed by atoms with Crippen LogP contribution in [0.25, 0.3) is 0 Å². The number of carbonyl (C=O) groups excluding carboxylic acids is 1. The molecule has 0 radical (unpaired) electrons. The van der Waals surface area contributed by atoms with Gasteiger partial charge in [-0.2, -0.15) is 0 Å². The van der Waals surface area contributed by atoms with E-state index in [-0.39, 0.29) is 24.5 Å². The Balaban J connectivity index is 1.66. The summed E-state index contributed by atoms with van der Waals surface area (Å²) in [6.07, 6.45) is 21.6. The van der Waals surface area contributed by atoms with Crippen LogP contribution in [0, 0.1) is 0 Å². The Kier molecular flexibility index (Phi) is 18.0. The monoisotopic (exact) mass is 586 g/mol. The van der Waals surface area contributed by atoms with Crippen LogP contribution in [0.3, 0.4) is 0 Å². The molecule has 1 heterocycles. The molecule has 0 spiro atoms. The maximum Gasteiger partial charge on any atom is 0.325 e. The lowest BCUT2D eigenvalue weighted by Crippen LogP contribution is -2.37. The summed E-state index contributed by atoms with van der Waals surface area (Å²) in [5.74, 6) is 0.655. The van der Waals surface area contributed by atoms with Gasteiger partial charge in [0, 0.05) is 18.7 Å². The molecule has 0 aliphatic rings. The van der Waals surface area contributed by atoms with E-state index in [0.29, 0.717) is 25.2 Å². The van der Waals surface area contributed by atoms with Gasteiger partial charge in [-0.15, -0.1) is 0 Å². The van der Waals surface area contributed by atoms with Gasteiger partial charge in [0.15, 0.2) is 0 Å². The van der Waals surface area contributed by atoms with Gasteiger partial charge < -0.3 is 19.8 Å². The van der Waals surface area contributed by atoms with Crippen LogP contribution in [0.2, 0.25) is 0 Å². The topological polar surface area (TPSA) is 109 Å². The molecule has 0 aliphatic heterocycles. The minimum atomic E-state index is -4.15. The van der Waals surface area contributed by atoms with E-state index >= 15 is 0 Å². The summed E-state index contributed by atoms with van der Waals surface area (Å²) >= 11 is 0. The maximum atomic E-state index is 12.6. The van der Waals surface area contributed by atoms with Crippen LogP contribution in [0.4, 0.5) is 0 Å². The molecule has 1 aromatic carbocycles. The molecule has 0 saturated carbocycles. The highest BCUT2D eigenvalue weighted by Crippen LogP contribution is 2.35. The van der Waals surface area contributed by atoms with Gasteiger partial charge >= 0.3 is 7.60 Å². The number of unbranched alkanes of at least 4 members (excludes halogenated alkanes) is 10. The first kappa shape index (κ1) is 34.7. The third kappa shape index (κ3) is 18.6. The second-order valence-electron chi connectivity index (χ2n) is 10.9. The average Bonchev–Trinajstić information content (AvgIpc) is 2.96. The van der Waals surface area contributed by atoms with E-state index in [1.807, 2.05) is 42.5 Å². The van der Waals surface area contributed by atoms with Crippen molar-refractivity contribution >= 4 is 13.5 Å². The molecular formula is C33H51N2O5P. The molecule has 0 bridgehead atoms. The summed E-state index contributed by atoms with van der Waals surface area (Å²) < 4.78 is 17.3. The Labute approximate surface area is 247 Å². The highest BCUT2D eigenvalue weighted by Gasteiger charge is 2.19. The number of nitrogens with one attached hydrogen (secondary N) is 1. The number of amides is 1. The molecule has 2 rings (SSSR count). The predicted molar refractivity (Wildman–Crippen MR) is 167 cm³/mol. The van der Waals surface area contributed by atoms with Crippen molar-refractivity contribution in [2.75, 3.05) is 6.16 Å². The molecule has 228 valence electrons. The molecule has 1 amide bonds. The standard InChI is InChI=1S/C33H51N2O5P/c1-2-3-4-5-6-7-8-9-10-11-12-13-14-15-19-33(36)35-30(24-26-41(37,38)39)27-29-20-22-32(23-21-29)40-28-31-18-16-17-25-34-31/h8-9,16-18,20-23,25,30H,2-7,10-15,19,24,26-28H2,1H3,(H,35,36)(H2,37,38,39)/b9-8-/t30-/m1/s1. The molecule has 0 aliphatic carbocycles. The Morgan fingerprint density at radius 3 is 2.22 bits per heavy atom. The van der Waals surface area contributed by atoms with E-state index < -0.39 is 7.60 Å². The van der Waals surface area contributed by atoms with E-state index in [1.54, 1.807) is 6.20 Å². The fourth-order valence-electron chi connectivity index (χ4n) is 4.68. The summed E-state index contributed by atoms with van der Waals surface area (Å²) in [5.41, 5.74) is 1.81. The lowest BCUT2D eigenvalue weighted by Gasteiger charge is -2.19. The Bertz CT molecular complexity index is 1020. The number of benzene rings is 1. The Morgan fingerprint density at radius 2 is 1.59 bits per heavy atom. The molecule has 2 aromatic rings. The highest BCUT2D eigenvalue weighted by atomic mass is 31.2. The van der Waals surface area contributed by atoms with Crippen molar-refractivity contribution < 1.29 is 23.9 Å². The SMILES string of the molecule is CCCCCCC/C=C\CCCCCCCC(=O)N[C@H](CCP(=O)(O)O)Cc1ccc(OCc2ccccn2)cc1.